The third-order valence-corrected chi connectivity index (χ3v) is 7.06. The first-order valence-corrected chi connectivity index (χ1v) is 14.6. The van der Waals surface area contributed by atoms with Crippen molar-refractivity contribution in [1.29, 1.82) is 0 Å². The summed E-state index contributed by atoms with van der Waals surface area (Å²) in [4.78, 5) is 14.2. The Balaban J connectivity index is 1.17. The van der Waals surface area contributed by atoms with Gasteiger partial charge < -0.3 is 9.64 Å². The minimum absolute atomic E-state index is 0.385. The van der Waals surface area contributed by atoms with Crippen molar-refractivity contribution in [2.24, 2.45) is 15.3 Å². The number of hydrogen-bond donors (Lipinski definition) is 0. The van der Waals surface area contributed by atoms with Crippen LogP contribution in [0.3, 0.4) is 0 Å². The number of carbonyl (C=O) groups excluding carboxylic acids is 1. The van der Waals surface area contributed by atoms with Gasteiger partial charge in [0, 0.05) is 69.5 Å². The number of anilines is 2. The Morgan fingerprint density at radius 3 is 2.00 bits per heavy atom. The Morgan fingerprint density at radius 1 is 0.767 bits per heavy atom. The smallest absolute Gasteiger partial charge is 0.340 e. The number of unbranched alkanes of at least 4 members (excludes halogenated alkanes) is 3. The second-order valence-corrected chi connectivity index (χ2v) is 10.5. The van der Waals surface area contributed by atoms with Crippen molar-refractivity contribution in [3.05, 3.63) is 109 Å². The lowest BCUT2D eigenvalue weighted by Crippen LogP contribution is -2.33. The summed E-state index contributed by atoms with van der Waals surface area (Å²) in [7, 11) is 7.15. The molecule has 0 bridgehead atoms. The number of rotatable bonds is 14. The summed E-state index contributed by atoms with van der Waals surface area (Å²) in [5.74, 6) is -0.437. The maximum atomic E-state index is 12.2. The zero-order valence-corrected chi connectivity index (χ0v) is 25.5. The number of aryl methyl sites for hydroxylation is 2. The Morgan fingerprint density at radius 2 is 1.40 bits per heavy atom. The molecule has 0 fully saturated rings. The van der Waals surface area contributed by atoms with Crippen LogP contribution in [0.25, 0.3) is 0 Å². The highest BCUT2D eigenvalue weighted by atomic mass is 16.5. The number of methoxy groups -OCH3 is 1. The van der Waals surface area contributed by atoms with Gasteiger partial charge in [-0.1, -0.05) is 18.2 Å². The van der Waals surface area contributed by atoms with Gasteiger partial charge in [0.05, 0.1) is 30.3 Å². The molecule has 2 aromatic carbocycles. The van der Waals surface area contributed by atoms with E-state index in [1.54, 1.807) is 12.1 Å². The van der Waals surface area contributed by atoms with Gasteiger partial charge in [-0.3, -0.25) is 5.01 Å². The van der Waals surface area contributed by atoms with E-state index >= 15 is 0 Å². The van der Waals surface area contributed by atoms with Gasteiger partial charge in [0.2, 0.25) is 0 Å². The van der Waals surface area contributed by atoms with Crippen molar-refractivity contribution in [2.45, 2.75) is 38.8 Å². The van der Waals surface area contributed by atoms with E-state index < -0.39 is 5.97 Å². The third-order valence-electron chi connectivity index (χ3n) is 7.06. The molecule has 0 atom stereocenters. The van der Waals surface area contributed by atoms with Gasteiger partial charge in [-0.05, 0) is 43.2 Å². The number of aromatic nitrogens is 2. The van der Waals surface area contributed by atoms with Crippen LogP contribution in [0.15, 0.2) is 113 Å². The Kier molecular flexibility index (Phi) is 11.5. The van der Waals surface area contributed by atoms with Crippen molar-refractivity contribution < 1.29 is 18.7 Å². The molecule has 43 heavy (non-hydrogen) atoms. The van der Waals surface area contributed by atoms with Crippen LogP contribution >= 0.6 is 0 Å². The first kappa shape index (κ1) is 31.0. The van der Waals surface area contributed by atoms with Crippen molar-refractivity contribution in [3.63, 3.8) is 0 Å². The number of azo groups is 1. The van der Waals surface area contributed by atoms with Crippen LogP contribution in [-0.4, -0.2) is 40.4 Å². The predicted octanol–water partition coefficient (Wildman–Crippen LogP) is 6.26. The van der Waals surface area contributed by atoms with E-state index in [1.807, 2.05) is 98.2 Å². The van der Waals surface area contributed by atoms with E-state index in [2.05, 4.69) is 49.0 Å². The first-order valence-electron chi connectivity index (χ1n) is 14.6. The van der Waals surface area contributed by atoms with Crippen LogP contribution in [0.1, 0.15) is 41.6 Å². The maximum Gasteiger partial charge on any atom is 0.340 e. The van der Waals surface area contributed by atoms with Gasteiger partial charge >= 0.3 is 5.97 Å². The van der Waals surface area contributed by atoms with E-state index in [0.29, 0.717) is 11.3 Å². The number of nitrogens with zero attached hydrogens (tertiary/aromatic N) is 7. The number of pyridine rings is 2. The predicted molar refractivity (Wildman–Crippen MR) is 170 cm³/mol. The molecule has 4 rings (SSSR count). The molecule has 0 aliphatic heterocycles. The largest absolute Gasteiger partial charge is 0.465 e. The number of esters is 1. The standard InChI is InChI=1S/C34H41N7O2/c1-38(2)31-14-15-33(32(26-31)34(42)43-4)37-36-29-18-24-41(25-19-29)21-11-6-5-10-20-40-22-16-28(17-23-40)27-35-39(3)30-12-8-7-9-13-30/h7-9,12-19,22-27H,5-6,10-11,20-21H2,1-4H3/q+2. The molecular weight excluding hydrogens is 538 g/mol. The second-order valence-electron chi connectivity index (χ2n) is 10.5. The quantitative estimate of drug-likeness (QED) is 0.0441. The summed E-state index contributed by atoms with van der Waals surface area (Å²) in [6.07, 6.45) is 14.8. The fraction of sp³-hybridized carbons (Fsp3) is 0.294. The van der Waals surface area contributed by atoms with E-state index in [1.165, 1.54) is 20.0 Å². The third kappa shape index (κ3) is 9.56. The molecule has 0 spiro atoms. The van der Waals surface area contributed by atoms with Crippen molar-refractivity contribution >= 4 is 34.9 Å². The number of carbonyl (C=O) groups is 1. The molecule has 0 aliphatic rings. The van der Waals surface area contributed by atoms with E-state index in [9.17, 15) is 4.79 Å². The fourth-order valence-corrected chi connectivity index (χ4v) is 4.45. The van der Waals surface area contributed by atoms with Crippen molar-refractivity contribution in [1.82, 2.24) is 0 Å². The van der Waals surface area contributed by atoms with E-state index in [0.717, 1.165) is 48.6 Å². The molecule has 2 heterocycles. The molecule has 0 radical (unpaired) electrons. The Labute approximate surface area is 254 Å². The molecule has 0 amide bonds. The molecule has 2 aromatic heterocycles. The zero-order valence-electron chi connectivity index (χ0n) is 25.5. The molecular formula is C34H41N7O2+2. The molecule has 0 saturated carbocycles. The van der Waals surface area contributed by atoms with E-state index in [-0.39, 0.29) is 0 Å². The Bertz CT molecular complexity index is 1500. The fourth-order valence-electron chi connectivity index (χ4n) is 4.45. The van der Waals surface area contributed by atoms with Gasteiger partial charge in [0.25, 0.3) is 0 Å². The summed E-state index contributed by atoms with van der Waals surface area (Å²) in [6, 6.07) is 23.6. The average molecular weight is 580 g/mol. The Hall–Kier alpha value is -4.92. The topological polar surface area (TPSA) is 77.6 Å². The lowest BCUT2D eigenvalue weighted by atomic mass is 10.1. The molecule has 0 aliphatic carbocycles. The van der Waals surface area contributed by atoms with Crippen molar-refractivity contribution in [2.75, 3.05) is 38.2 Å². The summed E-state index contributed by atoms with van der Waals surface area (Å²) in [5.41, 5.74) is 4.61. The van der Waals surface area contributed by atoms with Gasteiger partial charge in [0.15, 0.2) is 24.8 Å². The zero-order chi connectivity index (χ0) is 30.4. The molecule has 9 nitrogen and oxygen atoms in total. The van der Waals surface area contributed by atoms with Crippen LogP contribution in [0.2, 0.25) is 0 Å². The number of para-hydroxylation sites is 1. The minimum Gasteiger partial charge on any atom is -0.465 e. The summed E-state index contributed by atoms with van der Waals surface area (Å²) in [6.45, 7) is 1.96. The van der Waals surface area contributed by atoms with Crippen LogP contribution in [-0.2, 0) is 17.8 Å². The minimum atomic E-state index is -0.437. The van der Waals surface area contributed by atoms with Crippen molar-refractivity contribution in [3.8, 4) is 0 Å². The monoisotopic (exact) mass is 579 g/mol. The van der Waals surface area contributed by atoms with Gasteiger partial charge in [0.1, 0.15) is 18.8 Å². The van der Waals surface area contributed by atoms with Crippen LogP contribution in [0.4, 0.5) is 22.7 Å². The van der Waals surface area contributed by atoms with Gasteiger partial charge in [-0.15, -0.1) is 5.11 Å². The van der Waals surface area contributed by atoms with Gasteiger partial charge in [-0.25, -0.2) is 13.9 Å². The van der Waals surface area contributed by atoms with Crippen LogP contribution in [0, 0.1) is 0 Å². The summed E-state index contributed by atoms with van der Waals surface area (Å²) in [5, 5.41) is 15.0. The highest BCUT2D eigenvalue weighted by Gasteiger charge is 2.14. The number of hydrazone groups is 1. The highest BCUT2D eigenvalue weighted by molar-refractivity contribution is 5.96. The SMILES string of the molecule is COC(=O)c1cc(N(C)C)ccc1N=Nc1cc[n+](CCCCCC[n+]2ccc(C=NN(C)c3ccccc3)cc2)cc1. The average Bonchev–Trinajstić information content (AvgIpc) is 3.05. The lowest BCUT2D eigenvalue weighted by Gasteiger charge is -2.14. The van der Waals surface area contributed by atoms with Crippen LogP contribution in [0.5, 0.6) is 0 Å². The lowest BCUT2D eigenvalue weighted by molar-refractivity contribution is -0.698. The maximum absolute atomic E-state index is 12.2. The number of ether oxygens (including phenoxy) is 1. The molecule has 0 unspecified atom stereocenters. The van der Waals surface area contributed by atoms with Crippen LogP contribution < -0.4 is 19.0 Å². The molecule has 0 N–H and O–H groups in total. The van der Waals surface area contributed by atoms with E-state index in [4.69, 9.17) is 4.74 Å². The number of benzene rings is 2. The molecule has 9 heteroatoms. The summed E-state index contributed by atoms with van der Waals surface area (Å²) >= 11 is 0. The second kappa shape index (κ2) is 15.9. The molecule has 0 saturated heterocycles. The molecule has 222 valence electrons. The highest BCUT2D eigenvalue weighted by Crippen LogP contribution is 2.27. The first-order chi connectivity index (χ1) is 20.9. The normalized spacial score (nSPS) is 11.3. The summed E-state index contributed by atoms with van der Waals surface area (Å²) < 4.78 is 9.31. The van der Waals surface area contributed by atoms with Gasteiger partial charge in [-0.2, -0.15) is 10.2 Å². The molecule has 4 aromatic rings. The number of hydrogen-bond acceptors (Lipinski definition) is 7.